The Morgan fingerprint density at radius 1 is 1.18 bits per heavy atom. The van der Waals surface area contributed by atoms with E-state index in [-0.39, 0.29) is 5.97 Å². The third-order valence-electron chi connectivity index (χ3n) is 3.67. The van der Waals surface area contributed by atoms with Crippen molar-refractivity contribution in [3.05, 3.63) is 58.1 Å². The van der Waals surface area contributed by atoms with Crippen molar-refractivity contribution in [2.24, 2.45) is 0 Å². The van der Waals surface area contributed by atoms with Crippen LogP contribution in [-0.2, 0) is 0 Å². The van der Waals surface area contributed by atoms with Crippen LogP contribution < -0.4 is 9.47 Å². The number of rotatable bonds is 5. The summed E-state index contributed by atoms with van der Waals surface area (Å²) in [5.74, 6) is 1.31. The van der Waals surface area contributed by atoms with Crippen LogP contribution in [0.4, 0.5) is 0 Å². The third kappa shape index (κ3) is 3.89. The van der Waals surface area contributed by atoms with Gasteiger partial charge >= 0.3 is 5.97 Å². The molecule has 0 spiro atoms. The van der Waals surface area contributed by atoms with Crippen molar-refractivity contribution in [1.29, 1.82) is 0 Å². The molecule has 2 rings (SSSR count). The number of esters is 1. The molecule has 0 aliphatic heterocycles. The van der Waals surface area contributed by atoms with E-state index in [1.807, 2.05) is 18.2 Å². The molecule has 0 saturated carbocycles. The molecule has 3 nitrogen and oxygen atoms in total. The van der Waals surface area contributed by atoms with Crippen molar-refractivity contribution in [1.82, 2.24) is 0 Å². The Morgan fingerprint density at radius 3 is 2.41 bits per heavy atom. The average molecular weight is 363 g/mol. The van der Waals surface area contributed by atoms with Gasteiger partial charge in [-0.15, -0.1) is 0 Å². The van der Waals surface area contributed by atoms with Crippen LogP contribution in [0.1, 0.15) is 42.1 Å². The van der Waals surface area contributed by atoms with E-state index in [4.69, 9.17) is 9.47 Å². The van der Waals surface area contributed by atoms with E-state index in [9.17, 15) is 4.79 Å². The van der Waals surface area contributed by atoms with Crippen molar-refractivity contribution in [3.8, 4) is 11.5 Å². The van der Waals surface area contributed by atoms with Crippen LogP contribution in [0, 0.1) is 0 Å². The second-order valence-electron chi connectivity index (χ2n) is 5.12. The first kappa shape index (κ1) is 16.6. The minimum atomic E-state index is -0.389. The molecule has 0 N–H and O–H groups in total. The Labute approximate surface area is 139 Å². The lowest BCUT2D eigenvalue weighted by Gasteiger charge is -2.12. The molecule has 0 heterocycles. The monoisotopic (exact) mass is 362 g/mol. The van der Waals surface area contributed by atoms with Crippen LogP contribution >= 0.6 is 15.9 Å². The fourth-order valence-corrected chi connectivity index (χ4v) is 2.51. The zero-order valence-electron chi connectivity index (χ0n) is 12.9. The number of methoxy groups -OCH3 is 1. The molecule has 0 aliphatic rings. The molecule has 116 valence electrons. The normalized spacial score (nSPS) is 11.8. The molecule has 0 fully saturated rings. The molecule has 0 saturated heterocycles. The van der Waals surface area contributed by atoms with Crippen molar-refractivity contribution < 1.29 is 14.3 Å². The summed E-state index contributed by atoms with van der Waals surface area (Å²) in [4.78, 5) is 12.2. The van der Waals surface area contributed by atoms with Gasteiger partial charge in [0.2, 0.25) is 0 Å². The van der Waals surface area contributed by atoms with E-state index in [0.717, 1.165) is 10.9 Å². The van der Waals surface area contributed by atoms with Gasteiger partial charge < -0.3 is 9.47 Å². The Balaban J connectivity index is 2.14. The summed E-state index contributed by atoms with van der Waals surface area (Å²) in [6.45, 7) is 4.32. The first-order valence-corrected chi connectivity index (χ1v) is 8.00. The number of hydrogen-bond donors (Lipinski definition) is 0. The summed E-state index contributed by atoms with van der Waals surface area (Å²) in [6, 6.07) is 12.7. The molecule has 4 heteroatoms. The highest BCUT2D eigenvalue weighted by Gasteiger charge is 2.12. The number of carbonyl (C=O) groups is 1. The molecule has 0 aromatic heterocycles. The highest BCUT2D eigenvalue weighted by molar-refractivity contribution is 9.10. The summed E-state index contributed by atoms with van der Waals surface area (Å²) in [7, 11) is 1.59. The lowest BCUT2D eigenvalue weighted by molar-refractivity contribution is 0.0733. The number of hydrogen-bond acceptors (Lipinski definition) is 3. The van der Waals surface area contributed by atoms with Crippen LogP contribution in [0.15, 0.2) is 46.9 Å². The molecule has 0 aliphatic carbocycles. The van der Waals surface area contributed by atoms with Gasteiger partial charge in [-0.3, -0.25) is 0 Å². The zero-order valence-corrected chi connectivity index (χ0v) is 14.5. The second kappa shape index (κ2) is 7.45. The lowest BCUT2D eigenvalue weighted by Crippen LogP contribution is -2.09. The van der Waals surface area contributed by atoms with Crippen LogP contribution in [0.3, 0.4) is 0 Å². The SMILES string of the molecule is CCC(C)c1ccc(OC(=O)c2ccc(OC)cc2)c(Br)c1. The second-order valence-corrected chi connectivity index (χ2v) is 5.97. The molecular formula is C18H19BrO3. The van der Waals surface area contributed by atoms with Crippen LogP contribution in [-0.4, -0.2) is 13.1 Å². The molecule has 1 atom stereocenters. The molecule has 2 aromatic carbocycles. The lowest BCUT2D eigenvalue weighted by atomic mass is 9.99. The van der Waals surface area contributed by atoms with Gasteiger partial charge in [0.15, 0.2) is 0 Å². The van der Waals surface area contributed by atoms with Crippen molar-refractivity contribution in [2.75, 3.05) is 7.11 Å². The molecule has 2 aromatic rings. The van der Waals surface area contributed by atoms with Crippen molar-refractivity contribution >= 4 is 21.9 Å². The van der Waals surface area contributed by atoms with Gasteiger partial charge in [0, 0.05) is 0 Å². The summed E-state index contributed by atoms with van der Waals surface area (Å²) in [5, 5.41) is 0. The largest absolute Gasteiger partial charge is 0.497 e. The van der Waals surface area contributed by atoms with Crippen molar-refractivity contribution in [3.63, 3.8) is 0 Å². The zero-order chi connectivity index (χ0) is 16.1. The topological polar surface area (TPSA) is 35.5 Å². The van der Waals surface area contributed by atoms with Gasteiger partial charge in [0.1, 0.15) is 11.5 Å². The predicted molar refractivity (Wildman–Crippen MR) is 90.8 cm³/mol. The van der Waals surface area contributed by atoms with Gasteiger partial charge in [-0.1, -0.05) is 19.9 Å². The fraction of sp³-hybridized carbons (Fsp3) is 0.278. The van der Waals surface area contributed by atoms with E-state index >= 15 is 0 Å². The maximum Gasteiger partial charge on any atom is 0.343 e. The van der Waals surface area contributed by atoms with Gasteiger partial charge in [0.05, 0.1) is 17.1 Å². The van der Waals surface area contributed by atoms with E-state index in [2.05, 4.69) is 29.8 Å². The fourth-order valence-electron chi connectivity index (χ4n) is 2.03. The summed E-state index contributed by atoms with van der Waals surface area (Å²) in [5.41, 5.74) is 1.71. The average Bonchev–Trinajstić information content (AvgIpc) is 2.55. The number of carbonyl (C=O) groups excluding carboxylic acids is 1. The molecule has 22 heavy (non-hydrogen) atoms. The molecule has 1 unspecified atom stereocenters. The Morgan fingerprint density at radius 2 is 1.86 bits per heavy atom. The Bertz CT molecular complexity index is 650. The standard InChI is InChI=1S/C18H19BrO3/c1-4-12(2)14-7-10-17(16(19)11-14)22-18(20)13-5-8-15(21-3)9-6-13/h5-12H,4H2,1-3H3. The predicted octanol–water partition coefficient (Wildman–Crippen LogP) is 5.19. The van der Waals surface area contributed by atoms with Gasteiger partial charge in [-0.2, -0.15) is 0 Å². The van der Waals surface area contributed by atoms with Crippen LogP contribution in [0.5, 0.6) is 11.5 Å². The first-order valence-electron chi connectivity index (χ1n) is 7.20. The van der Waals surface area contributed by atoms with E-state index < -0.39 is 0 Å². The van der Waals surface area contributed by atoms with E-state index in [1.165, 1.54) is 5.56 Å². The Hall–Kier alpha value is -1.81. The van der Waals surface area contributed by atoms with Crippen molar-refractivity contribution in [2.45, 2.75) is 26.2 Å². The highest BCUT2D eigenvalue weighted by atomic mass is 79.9. The van der Waals surface area contributed by atoms with Gasteiger partial charge in [-0.25, -0.2) is 4.79 Å². The third-order valence-corrected chi connectivity index (χ3v) is 4.29. The molecule has 0 amide bonds. The van der Waals surface area contributed by atoms with Crippen LogP contribution in [0.2, 0.25) is 0 Å². The van der Waals surface area contributed by atoms with E-state index in [0.29, 0.717) is 23.0 Å². The van der Waals surface area contributed by atoms with Crippen LogP contribution in [0.25, 0.3) is 0 Å². The molecule has 0 bridgehead atoms. The summed E-state index contributed by atoms with van der Waals surface area (Å²) >= 11 is 3.47. The van der Waals surface area contributed by atoms with Gasteiger partial charge in [-0.05, 0) is 70.2 Å². The maximum absolute atomic E-state index is 12.2. The molecular weight excluding hydrogens is 344 g/mol. The highest BCUT2D eigenvalue weighted by Crippen LogP contribution is 2.30. The maximum atomic E-state index is 12.2. The summed E-state index contributed by atoms with van der Waals surface area (Å²) < 4.78 is 11.3. The number of benzene rings is 2. The van der Waals surface area contributed by atoms with E-state index in [1.54, 1.807) is 31.4 Å². The quantitative estimate of drug-likeness (QED) is 0.542. The first-order chi connectivity index (χ1) is 10.5. The number of ether oxygens (including phenoxy) is 2. The summed E-state index contributed by atoms with van der Waals surface area (Å²) in [6.07, 6.45) is 1.07. The number of halogens is 1. The minimum Gasteiger partial charge on any atom is -0.497 e. The Kier molecular flexibility index (Phi) is 5.61. The molecule has 0 radical (unpaired) electrons. The van der Waals surface area contributed by atoms with Gasteiger partial charge in [0.25, 0.3) is 0 Å². The minimum absolute atomic E-state index is 0.389. The smallest absolute Gasteiger partial charge is 0.343 e.